The summed E-state index contributed by atoms with van der Waals surface area (Å²) in [5, 5.41) is 7.61. The third-order valence-electron chi connectivity index (χ3n) is 2.40. The highest BCUT2D eigenvalue weighted by atomic mass is 15.3. The van der Waals surface area contributed by atoms with Crippen molar-refractivity contribution in [2.75, 3.05) is 6.54 Å². The van der Waals surface area contributed by atoms with Crippen molar-refractivity contribution in [2.24, 2.45) is 5.92 Å². The van der Waals surface area contributed by atoms with E-state index in [-0.39, 0.29) is 0 Å². The molecule has 0 saturated heterocycles. The molecule has 0 aliphatic rings. The molecule has 0 aliphatic carbocycles. The maximum Gasteiger partial charge on any atom is 0.138 e. The second-order valence-corrected chi connectivity index (χ2v) is 4.36. The Morgan fingerprint density at radius 3 is 2.73 bits per heavy atom. The minimum absolute atomic E-state index is 0.552. The normalized spacial score (nSPS) is 13.4. The number of rotatable bonds is 6. The van der Waals surface area contributed by atoms with Crippen LogP contribution in [0.3, 0.4) is 0 Å². The lowest BCUT2D eigenvalue weighted by molar-refractivity contribution is 0.456. The summed E-state index contributed by atoms with van der Waals surface area (Å²) in [5.41, 5.74) is 0. The molecule has 0 bridgehead atoms. The van der Waals surface area contributed by atoms with Gasteiger partial charge in [-0.05, 0) is 19.4 Å². The SMILES string of the molecule is CCn1ncnc1CC(C)CNC(C)C. The Hall–Kier alpha value is -0.900. The van der Waals surface area contributed by atoms with Crippen molar-refractivity contribution >= 4 is 0 Å². The first kappa shape index (κ1) is 12.2. The lowest BCUT2D eigenvalue weighted by Gasteiger charge is -2.14. The van der Waals surface area contributed by atoms with Gasteiger partial charge in [0.15, 0.2) is 0 Å². The van der Waals surface area contributed by atoms with Gasteiger partial charge in [0.05, 0.1) is 0 Å². The lowest BCUT2D eigenvalue weighted by atomic mass is 10.1. The van der Waals surface area contributed by atoms with Crippen LogP contribution in [0.25, 0.3) is 0 Å². The zero-order valence-corrected chi connectivity index (χ0v) is 10.2. The van der Waals surface area contributed by atoms with E-state index in [2.05, 4.69) is 43.1 Å². The standard InChI is InChI=1S/C11H22N4/c1-5-15-11(13-8-14-15)6-10(4)7-12-9(2)3/h8-10,12H,5-7H2,1-4H3. The van der Waals surface area contributed by atoms with E-state index >= 15 is 0 Å². The maximum atomic E-state index is 4.28. The molecule has 0 radical (unpaired) electrons. The highest BCUT2D eigenvalue weighted by molar-refractivity contribution is 4.86. The molecule has 4 heteroatoms. The summed E-state index contributed by atoms with van der Waals surface area (Å²) in [5.74, 6) is 1.69. The van der Waals surface area contributed by atoms with Crippen molar-refractivity contribution in [3.63, 3.8) is 0 Å². The van der Waals surface area contributed by atoms with Crippen LogP contribution < -0.4 is 5.32 Å². The Balaban J connectivity index is 2.40. The van der Waals surface area contributed by atoms with Gasteiger partial charge >= 0.3 is 0 Å². The third-order valence-corrected chi connectivity index (χ3v) is 2.40. The van der Waals surface area contributed by atoms with Gasteiger partial charge in [0.25, 0.3) is 0 Å². The molecule has 1 rings (SSSR count). The summed E-state index contributed by atoms with van der Waals surface area (Å²) in [7, 11) is 0. The molecule has 0 fully saturated rings. The molecule has 4 nitrogen and oxygen atoms in total. The lowest BCUT2D eigenvalue weighted by Crippen LogP contribution is -2.29. The van der Waals surface area contributed by atoms with Crippen LogP contribution in [0.2, 0.25) is 0 Å². The molecule has 1 N–H and O–H groups in total. The molecular formula is C11H22N4. The van der Waals surface area contributed by atoms with Crippen molar-refractivity contribution in [2.45, 2.75) is 46.7 Å². The zero-order chi connectivity index (χ0) is 11.3. The van der Waals surface area contributed by atoms with E-state index in [1.165, 1.54) is 0 Å². The predicted octanol–water partition coefficient (Wildman–Crippen LogP) is 1.47. The van der Waals surface area contributed by atoms with Crippen LogP contribution in [-0.4, -0.2) is 27.4 Å². The fourth-order valence-electron chi connectivity index (χ4n) is 1.53. The molecule has 1 atom stereocenters. The smallest absolute Gasteiger partial charge is 0.138 e. The number of nitrogens with zero attached hydrogens (tertiary/aromatic N) is 3. The zero-order valence-electron chi connectivity index (χ0n) is 10.2. The van der Waals surface area contributed by atoms with Crippen molar-refractivity contribution in [3.05, 3.63) is 12.2 Å². The topological polar surface area (TPSA) is 42.7 Å². The van der Waals surface area contributed by atoms with E-state index in [9.17, 15) is 0 Å². The first-order chi connectivity index (χ1) is 7.13. The van der Waals surface area contributed by atoms with Crippen LogP contribution in [0, 0.1) is 5.92 Å². The van der Waals surface area contributed by atoms with Crippen molar-refractivity contribution in [1.29, 1.82) is 0 Å². The van der Waals surface area contributed by atoms with Crippen molar-refractivity contribution in [3.8, 4) is 0 Å². The Bertz CT molecular complexity index is 280. The fraction of sp³-hybridized carbons (Fsp3) is 0.818. The van der Waals surface area contributed by atoms with E-state index in [1.807, 2.05) is 4.68 Å². The van der Waals surface area contributed by atoms with Gasteiger partial charge in [0.2, 0.25) is 0 Å². The predicted molar refractivity (Wildman–Crippen MR) is 61.7 cm³/mol. The molecule has 1 unspecified atom stereocenters. The fourth-order valence-corrected chi connectivity index (χ4v) is 1.53. The van der Waals surface area contributed by atoms with E-state index in [1.54, 1.807) is 6.33 Å². The van der Waals surface area contributed by atoms with Crippen LogP contribution in [-0.2, 0) is 13.0 Å². The largest absolute Gasteiger partial charge is 0.314 e. The summed E-state index contributed by atoms with van der Waals surface area (Å²) in [6.45, 7) is 10.6. The molecule has 86 valence electrons. The van der Waals surface area contributed by atoms with Gasteiger partial charge in [0, 0.05) is 19.0 Å². The third kappa shape index (κ3) is 4.00. The van der Waals surface area contributed by atoms with Gasteiger partial charge in [-0.2, -0.15) is 5.10 Å². The Labute approximate surface area is 92.1 Å². The van der Waals surface area contributed by atoms with E-state index < -0.39 is 0 Å². The van der Waals surface area contributed by atoms with Crippen LogP contribution in [0.5, 0.6) is 0 Å². The quantitative estimate of drug-likeness (QED) is 0.773. The number of aromatic nitrogens is 3. The van der Waals surface area contributed by atoms with Crippen LogP contribution in [0.15, 0.2) is 6.33 Å². The molecule has 1 heterocycles. The van der Waals surface area contributed by atoms with Crippen molar-refractivity contribution in [1.82, 2.24) is 20.1 Å². The second-order valence-electron chi connectivity index (χ2n) is 4.36. The molecule has 15 heavy (non-hydrogen) atoms. The molecule has 0 aliphatic heterocycles. The second kappa shape index (κ2) is 5.85. The summed E-state index contributed by atoms with van der Waals surface area (Å²) in [6.07, 6.45) is 2.63. The van der Waals surface area contributed by atoms with Gasteiger partial charge in [-0.3, -0.25) is 4.68 Å². The maximum absolute atomic E-state index is 4.28. The number of aryl methyl sites for hydroxylation is 1. The van der Waals surface area contributed by atoms with Gasteiger partial charge in [-0.25, -0.2) is 4.98 Å². The first-order valence-corrected chi connectivity index (χ1v) is 5.73. The summed E-state index contributed by atoms with van der Waals surface area (Å²) < 4.78 is 1.96. The van der Waals surface area contributed by atoms with Gasteiger partial charge in [0.1, 0.15) is 12.2 Å². The number of nitrogens with one attached hydrogen (secondary N) is 1. The monoisotopic (exact) mass is 210 g/mol. The number of hydrogen-bond acceptors (Lipinski definition) is 3. The van der Waals surface area contributed by atoms with Gasteiger partial charge < -0.3 is 5.32 Å². The molecule has 1 aromatic heterocycles. The average molecular weight is 210 g/mol. The first-order valence-electron chi connectivity index (χ1n) is 5.73. The van der Waals surface area contributed by atoms with Crippen LogP contribution in [0.1, 0.15) is 33.5 Å². The molecule has 0 saturated carbocycles. The van der Waals surface area contributed by atoms with Gasteiger partial charge in [-0.1, -0.05) is 20.8 Å². The van der Waals surface area contributed by atoms with Crippen LogP contribution in [0.4, 0.5) is 0 Å². The summed E-state index contributed by atoms with van der Waals surface area (Å²) in [4.78, 5) is 4.28. The summed E-state index contributed by atoms with van der Waals surface area (Å²) in [6, 6.07) is 0.552. The Morgan fingerprint density at radius 1 is 1.40 bits per heavy atom. The average Bonchev–Trinajstić information content (AvgIpc) is 2.62. The molecule has 1 aromatic rings. The highest BCUT2D eigenvalue weighted by Crippen LogP contribution is 2.04. The number of hydrogen-bond donors (Lipinski definition) is 1. The summed E-state index contributed by atoms with van der Waals surface area (Å²) >= 11 is 0. The van der Waals surface area contributed by atoms with Crippen molar-refractivity contribution < 1.29 is 0 Å². The van der Waals surface area contributed by atoms with E-state index in [0.717, 1.165) is 25.3 Å². The minimum Gasteiger partial charge on any atom is -0.314 e. The molecular weight excluding hydrogens is 188 g/mol. The molecule has 0 spiro atoms. The molecule has 0 aromatic carbocycles. The molecule has 0 amide bonds. The van der Waals surface area contributed by atoms with E-state index in [4.69, 9.17) is 0 Å². The Morgan fingerprint density at radius 2 is 2.13 bits per heavy atom. The Kier molecular flexibility index (Phi) is 4.75. The van der Waals surface area contributed by atoms with Crippen LogP contribution >= 0.6 is 0 Å². The van der Waals surface area contributed by atoms with Gasteiger partial charge in [-0.15, -0.1) is 0 Å². The van der Waals surface area contributed by atoms with E-state index in [0.29, 0.717) is 12.0 Å². The minimum atomic E-state index is 0.552. The highest BCUT2D eigenvalue weighted by Gasteiger charge is 2.09.